The molecule has 0 spiro atoms. The van der Waals surface area contributed by atoms with Gasteiger partial charge in [0.05, 0.1) is 5.69 Å². The van der Waals surface area contributed by atoms with Gasteiger partial charge in [0.15, 0.2) is 0 Å². The SMILES string of the molecule is c1ccc(-c2ccon2)nc1. The minimum absolute atomic E-state index is 0.769. The van der Waals surface area contributed by atoms with Crippen LogP contribution in [0.15, 0.2) is 41.2 Å². The fraction of sp³-hybridized carbons (Fsp3) is 0. The van der Waals surface area contributed by atoms with Crippen LogP contribution >= 0.6 is 0 Å². The largest absolute Gasteiger partial charge is 0.364 e. The molecular weight excluding hydrogens is 140 g/mol. The first-order valence-electron chi connectivity index (χ1n) is 3.28. The molecule has 0 aliphatic rings. The summed E-state index contributed by atoms with van der Waals surface area (Å²) in [5.74, 6) is 0. The third-order valence-corrected chi connectivity index (χ3v) is 1.37. The van der Waals surface area contributed by atoms with Crippen LogP contribution < -0.4 is 0 Å². The minimum Gasteiger partial charge on any atom is -0.364 e. The second kappa shape index (κ2) is 2.54. The molecule has 2 heterocycles. The highest BCUT2D eigenvalue weighted by molar-refractivity contribution is 5.51. The first-order chi connectivity index (χ1) is 5.47. The van der Waals surface area contributed by atoms with Crippen LogP contribution in [0.1, 0.15) is 0 Å². The van der Waals surface area contributed by atoms with Gasteiger partial charge in [-0.05, 0) is 12.1 Å². The predicted molar refractivity (Wildman–Crippen MR) is 39.7 cm³/mol. The summed E-state index contributed by atoms with van der Waals surface area (Å²) in [6, 6.07) is 7.45. The minimum atomic E-state index is 0.769. The van der Waals surface area contributed by atoms with Gasteiger partial charge in [0.25, 0.3) is 0 Å². The predicted octanol–water partition coefficient (Wildman–Crippen LogP) is 1.74. The Balaban J connectivity index is 2.46. The van der Waals surface area contributed by atoms with Crippen molar-refractivity contribution in [2.24, 2.45) is 0 Å². The summed E-state index contributed by atoms with van der Waals surface area (Å²) in [6.07, 6.45) is 3.26. The topological polar surface area (TPSA) is 38.9 Å². The van der Waals surface area contributed by atoms with Crippen LogP contribution in [-0.4, -0.2) is 10.1 Å². The van der Waals surface area contributed by atoms with Crippen molar-refractivity contribution in [3.05, 3.63) is 36.7 Å². The van der Waals surface area contributed by atoms with Gasteiger partial charge in [0, 0.05) is 12.3 Å². The number of rotatable bonds is 1. The van der Waals surface area contributed by atoms with Gasteiger partial charge in [-0.1, -0.05) is 11.2 Å². The highest BCUT2D eigenvalue weighted by Gasteiger charge is 1.98. The number of hydrogen-bond donors (Lipinski definition) is 0. The van der Waals surface area contributed by atoms with E-state index in [9.17, 15) is 0 Å². The maximum absolute atomic E-state index is 4.68. The molecule has 0 atom stereocenters. The summed E-state index contributed by atoms with van der Waals surface area (Å²) in [6.45, 7) is 0. The molecule has 54 valence electrons. The third kappa shape index (κ3) is 1.12. The third-order valence-electron chi connectivity index (χ3n) is 1.37. The monoisotopic (exact) mass is 146 g/mol. The van der Waals surface area contributed by atoms with Crippen molar-refractivity contribution >= 4 is 0 Å². The molecule has 0 amide bonds. The smallest absolute Gasteiger partial charge is 0.132 e. The molecule has 0 unspecified atom stereocenters. The Morgan fingerprint density at radius 2 is 2.09 bits per heavy atom. The van der Waals surface area contributed by atoms with Crippen LogP contribution in [0.5, 0.6) is 0 Å². The Kier molecular flexibility index (Phi) is 1.41. The van der Waals surface area contributed by atoms with Gasteiger partial charge in [-0.15, -0.1) is 0 Å². The van der Waals surface area contributed by atoms with E-state index in [2.05, 4.69) is 14.7 Å². The van der Waals surface area contributed by atoms with E-state index in [1.807, 2.05) is 18.2 Å². The molecule has 2 aromatic heterocycles. The van der Waals surface area contributed by atoms with Gasteiger partial charge >= 0.3 is 0 Å². The lowest BCUT2D eigenvalue weighted by atomic mass is 10.3. The molecule has 0 aliphatic heterocycles. The van der Waals surface area contributed by atoms with E-state index in [1.54, 1.807) is 12.3 Å². The van der Waals surface area contributed by atoms with E-state index >= 15 is 0 Å². The Morgan fingerprint density at radius 3 is 2.73 bits per heavy atom. The lowest BCUT2D eigenvalue weighted by Gasteiger charge is -1.89. The molecule has 11 heavy (non-hydrogen) atoms. The molecule has 0 radical (unpaired) electrons. The lowest BCUT2D eigenvalue weighted by Crippen LogP contribution is -1.79. The molecule has 3 nitrogen and oxygen atoms in total. The molecule has 0 bridgehead atoms. The van der Waals surface area contributed by atoms with Crippen LogP contribution in [0.2, 0.25) is 0 Å². The van der Waals surface area contributed by atoms with Crippen LogP contribution in [0.25, 0.3) is 11.4 Å². The standard InChI is InChI=1S/C8H6N2O/c1-2-5-9-7(3-1)8-4-6-11-10-8/h1-6H. The summed E-state index contributed by atoms with van der Waals surface area (Å²) in [7, 11) is 0. The van der Waals surface area contributed by atoms with E-state index in [0.29, 0.717) is 0 Å². The van der Waals surface area contributed by atoms with E-state index in [-0.39, 0.29) is 0 Å². The molecule has 0 N–H and O–H groups in total. The Labute approximate surface area is 63.7 Å². The van der Waals surface area contributed by atoms with E-state index < -0.39 is 0 Å². The van der Waals surface area contributed by atoms with E-state index in [0.717, 1.165) is 11.4 Å². The Bertz CT molecular complexity index is 315. The fourth-order valence-electron chi connectivity index (χ4n) is 0.859. The summed E-state index contributed by atoms with van der Waals surface area (Å²) >= 11 is 0. The van der Waals surface area contributed by atoms with Crippen molar-refractivity contribution in [1.29, 1.82) is 0 Å². The van der Waals surface area contributed by atoms with Gasteiger partial charge in [-0.2, -0.15) is 0 Å². The molecule has 0 aromatic carbocycles. The van der Waals surface area contributed by atoms with Crippen molar-refractivity contribution in [3.8, 4) is 11.4 Å². The van der Waals surface area contributed by atoms with Gasteiger partial charge < -0.3 is 4.52 Å². The number of hydrogen-bond acceptors (Lipinski definition) is 3. The quantitative estimate of drug-likeness (QED) is 0.615. The molecule has 0 aliphatic carbocycles. The molecule has 2 rings (SSSR count). The van der Waals surface area contributed by atoms with Gasteiger partial charge in [-0.25, -0.2) is 0 Å². The summed E-state index contributed by atoms with van der Waals surface area (Å²) in [4.78, 5) is 4.10. The molecular formula is C8H6N2O. The van der Waals surface area contributed by atoms with Crippen LogP contribution in [-0.2, 0) is 0 Å². The zero-order valence-corrected chi connectivity index (χ0v) is 5.77. The second-order valence-electron chi connectivity index (χ2n) is 2.10. The van der Waals surface area contributed by atoms with Crippen LogP contribution in [0.3, 0.4) is 0 Å². The van der Waals surface area contributed by atoms with Gasteiger partial charge in [0.1, 0.15) is 12.0 Å². The van der Waals surface area contributed by atoms with Crippen LogP contribution in [0, 0.1) is 0 Å². The molecule has 2 aromatic rings. The second-order valence-corrected chi connectivity index (χ2v) is 2.10. The fourth-order valence-corrected chi connectivity index (χ4v) is 0.859. The average Bonchev–Trinajstić information content (AvgIpc) is 2.58. The van der Waals surface area contributed by atoms with Gasteiger partial charge in [0.2, 0.25) is 0 Å². The molecule has 0 saturated heterocycles. The van der Waals surface area contributed by atoms with E-state index in [4.69, 9.17) is 0 Å². The summed E-state index contributed by atoms with van der Waals surface area (Å²) in [5.41, 5.74) is 1.60. The molecule has 0 fully saturated rings. The summed E-state index contributed by atoms with van der Waals surface area (Å²) in [5, 5.41) is 3.75. The lowest BCUT2D eigenvalue weighted by molar-refractivity contribution is 0.422. The number of aromatic nitrogens is 2. The van der Waals surface area contributed by atoms with Crippen molar-refractivity contribution in [1.82, 2.24) is 10.1 Å². The summed E-state index contributed by atoms with van der Waals surface area (Å²) < 4.78 is 4.68. The van der Waals surface area contributed by atoms with Crippen LogP contribution in [0.4, 0.5) is 0 Å². The maximum Gasteiger partial charge on any atom is 0.132 e. The number of pyridine rings is 1. The Hall–Kier alpha value is -1.64. The number of nitrogens with zero attached hydrogens (tertiary/aromatic N) is 2. The van der Waals surface area contributed by atoms with Crippen molar-refractivity contribution < 1.29 is 4.52 Å². The highest BCUT2D eigenvalue weighted by Crippen LogP contribution is 2.11. The highest BCUT2D eigenvalue weighted by atomic mass is 16.5. The Morgan fingerprint density at radius 1 is 1.09 bits per heavy atom. The van der Waals surface area contributed by atoms with E-state index in [1.165, 1.54) is 6.26 Å². The van der Waals surface area contributed by atoms with Crippen molar-refractivity contribution in [2.45, 2.75) is 0 Å². The normalized spacial score (nSPS) is 9.82. The van der Waals surface area contributed by atoms with Gasteiger partial charge in [-0.3, -0.25) is 4.98 Å². The first kappa shape index (κ1) is 6.09. The molecule has 0 saturated carbocycles. The zero-order valence-electron chi connectivity index (χ0n) is 5.77. The van der Waals surface area contributed by atoms with Crippen molar-refractivity contribution in [2.75, 3.05) is 0 Å². The molecule has 3 heteroatoms. The zero-order chi connectivity index (χ0) is 7.52. The first-order valence-corrected chi connectivity index (χ1v) is 3.28. The maximum atomic E-state index is 4.68. The average molecular weight is 146 g/mol. The van der Waals surface area contributed by atoms with Crippen molar-refractivity contribution in [3.63, 3.8) is 0 Å².